The molecule has 0 aliphatic carbocycles. The predicted molar refractivity (Wildman–Crippen MR) is 66.0 cm³/mol. The molecule has 0 bridgehead atoms. The minimum atomic E-state index is -0.662. The van der Waals surface area contributed by atoms with Crippen molar-refractivity contribution < 1.29 is 14.6 Å². The maximum Gasteiger partial charge on any atom is 0.251 e. The van der Waals surface area contributed by atoms with Gasteiger partial charge >= 0.3 is 0 Å². The van der Waals surface area contributed by atoms with Gasteiger partial charge in [0.15, 0.2) is 0 Å². The number of amides is 1. The number of ether oxygens (including phenoxy) is 1. The molecule has 5 nitrogen and oxygen atoms in total. The number of nitrogens with one attached hydrogen (secondary N) is 1. The second-order valence-corrected chi connectivity index (χ2v) is 4.13. The van der Waals surface area contributed by atoms with Gasteiger partial charge in [-0.3, -0.25) is 9.69 Å². The first-order chi connectivity index (χ1) is 8.77. The fraction of sp³-hybridized carbons (Fsp3) is 0.462. The second-order valence-electron chi connectivity index (χ2n) is 4.13. The van der Waals surface area contributed by atoms with Crippen LogP contribution in [0.4, 0.5) is 0 Å². The van der Waals surface area contributed by atoms with Gasteiger partial charge in [0.2, 0.25) is 0 Å². The summed E-state index contributed by atoms with van der Waals surface area (Å²) in [4.78, 5) is 13.6. The molecule has 1 aromatic rings. The van der Waals surface area contributed by atoms with Gasteiger partial charge in [0.05, 0.1) is 19.8 Å². The van der Waals surface area contributed by atoms with Crippen molar-refractivity contribution in [2.24, 2.45) is 0 Å². The normalized spacial score (nSPS) is 18.3. The molecule has 2 N–H and O–H groups in total. The Labute approximate surface area is 106 Å². The molecule has 1 aliphatic rings. The van der Waals surface area contributed by atoms with E-state index in [0.29, 0.717) is 31.9 Å². The van der Waals surface area contributed by atoms with E-state index in [0.717, 1.165) is 0 Å². The molecule has 97 valence electrons. The monoisotopic (exact) mass is 249 g/mol. The van der Waals surface area contributed by atoms with Crippen LogP contribution in [0.15, 0.2) is 24.3 Å². The van der Waals surface area contributed by atoms with Crippen molar-refractivity contribution in [3.05, 3.63) is 35.9 Å². The summed E-state index contributed by atoms with van der Waals surface area (Å²) < 4.78 is 5.20. The summed E-state index contributed by atoms with van der Waals surface area (Å²) in [5, 5.41) is 12.6. The molecule has 1 atom stereocenters. The molecule has 1 aliphatic heterocycles. The SMILES string of the molecule is O=C(NCC(O)N1CCOCC1)c1c[c]ccc1. The number of hydrogen-bond donors (Lipinski definition) is 2. The minimum Gasteiger partial charge on any atom is -0.379 e. The molecule has 1 amide bonds. The lowest BCUT2D eigenvalue weighted by molar-refractivity contribution is -0.0560. The largest absolute Gasteiger partial charge is 0.379 e. The van der Waals surface area contributed by atoms with Crippen LogP contribution in [0.2, 0.25) is 0 Å². The van der Waals surface area contributed by atoms with Crippen LogP contribution in [-0.2, 0) is 4.74 Å². The van der Waals surface area contributed by atoms with Gasteiger partial charge < -0.3 is 15.2 Å². The van der Waals surface area contributed by atoms with Gasteiger partial charge in [0.1, 0.15) is 6.23 Å². The maximum atomic E-state index is 11.7. The molecule has 0 saturated carbocycles. The quantitative estimate of drug-likeness (QED) is 0.780. The van der Waals surface area contributed by atoms with Gasteiger partial charge in [0.25, 0.3) is 5.91 Å². The molecule has 1 fully saturated rings. The van der Waals surface area contributed by atoms with Crippen molar-refractivity contribution in [1.82, 2.24) is 10.2 Å². The number of carbonyl (C=O) groups is 1. The van der Waals surface area contributed by atoms with Crippen molar-refractivity contribution in [3.63, 3.8) is 0 Å². The smallest absolute Gasteiger partial charge is 0.251 e. The molecular formula is C13H17N2O3. The zero-order valence-electron chi connectivity index (χ0n) is 10.1. The van der Waals surface area contributed by atoms with E-state index in [4.69, 9.17) is 4.74 Å². The first-order valence-corrected chi connectivity index (χ1v) is 6.01. The summed E-state index contributed by atoms with van der Waals surface area (Å²) in [6, 6.07) is 9.67. The molecule has 1 unspecified atom stereocenters. The molecule has 0 aromatic heterocycles. The predicted octanol–water partition coefficient (Wildman–Crippen LogP) is -0.133. The summed E-state index contributed by atoms with van der Waals surface area (Å²) in [6.07, 6.45) is -0.662. The van der Waals surface area contributed by atoms with Crippen LogP contribution >= 0.6 is 0 Å². The first-order valence-electron chi connectivity index (χ1n) is 6.01. The Bertz CT molecular complexity index is 377. The molecule has 1 radical (unpaired) electrons. The van der Waals surface area contributed by atoms with E-state index in [1.807, 2.05) is 4.90 Å². The van der Waals surface area contributed by atoms with Gasteiger partial charge in [0, 0.05) is 18.7 Å². The average molecular weight is 249 g/mol. The first kappa shape index (κ1) is 13.0. The number of rotatable bonds is 4. The molecule has 1 heterocycles. The summed E-state index contributed by atoms with van der Waals surface area (Å²) in [7, 11) is 0. The Hall–Kier alpha value is -1.43. The van der Waals surface area contributed by atoms with Crippen LogP contribution in [0.3, 0.4) is 0 Å². The number of benzene rings is 1. The Morgan fingerprint density at radius 3 is 3.00 bits per heavy atom. The maximum absolute atomic E-state index is 11.7. The zero-order valence-corrected chi connectivity index (χ0v) is 10.1. The summed E-state index contributed by atoms with van der Waals surface area (Å²) >= 11 is 0. The van der Waals surface area contributed by atoms with Gasteiger partial charge in [-0.25, -0.2) is 0 Å². The second kappa shape index (κ2) is 6.49. The van der Waals surface area contributed by atoms with Crippen LogP contribution in [0.5, 0.6) is 0 Å². The molecular weight excluding hydrogens is 232 g/mol. The Morgan fingerprint density at radius 2 is 2.33 bits per heavy atom. The van der Waals surface area contributed by atoms with Crippen molar-refractivity contribution in [2.45, 2.75) is 6.23 Å². The molecule has 2 rings (SSSR count). The number of nitrogens with zero attached hydrogens (tertiary/aromatic N) is 1. The van der Waals surface area contributed by atoms with Gasteiger partial charge in [-0.15, -0.1) is 0 Å². The Morgan fingerprint density at radius 1 is 1.56 bits per heavy atom. The minimum absolute atomic E-state index is 0.195. The molecule has 5 heteroatoms. The van der Waals surface area contributed by atoms with Crippen molar-refractivity contribution in [3.8, 4) is 0 Å². The molecule has 1 saturated heterocycles. The van der Waals surface area contributed by atoms with E-state index in [9.17, 15) is 9.90 Å². The van der Waals surface area contributed by atoms with Crippen LogP contribution in [0.1, 0.15) is 10.4 Å². The highest BCUT2D eigenvalue weighted by molar-refractivity contribution is 5.94. The van der Waals surface area contributed by atoms with E-state index in [1.54, 1.807) is 24.3 Å². The molecule has 0 spiro atoms. The highest BCUT2D eigenvalue weighted by Gasteiger charge is 2.19. The third-order valence-electron chi connectivity index (χ3n) is 2.88. The fourth-order valence-corrected chi connectivity index (χ4v) is 1.83. The number of hydrogen-bond acceptors (Lipinski definition) is 4. The highest BCUT2D eigenvalue weighted by atomic mass is 16.5. The van der Waals surface area contributed by atoms with Crippen molar-refractivity contribution in [2.75, 3.05) is 32.8 Å². The van der Waals surface area contributed by atoms with Crippen LogP contribution < -0.4 is 5.32 Å². The third kappa shape index (κ3) is 3.53. The lowest BCUT2D eigenvalue weighted by Gasteiger charge is -2.31. The summed E-state index contributed by atoms with van der Waals surface area (Å²) in [5.41, 5.74) is 0.548. The molecule has 1 aromatic carbocycles. The number of carbonyl (C=O) groups excluding carboxylic acids is 1. The number of aliphatic hydroxyl groups excluding tert-OH is 1. The standard InChI is InChI=1S/C13H17N2O3/c16-12(15-6-8-18-9-7-15)10-14-13(17)11-4-2-1-3-5-11/h1-2,4-5,12,16H,6-10H2,(H,14,17). The van der Waals surface area contributed by atoms with Gasteiger partial charge in [-0.2, -0.15) is 0 Å². The van der Waals surface area contributed by atoms with Crippen LogP contribution in [0.25, 0.3) is 0 Å². The van der Waals surface area contributed by atoms with Gasteiger partial charge in [-0.05, 0) is 18.2 Å². The van der Waals surface area contributed by atoms with E-state index >= 15 is 0 Å². The van der Waals surface area contributed by atoms with E-state index in [2.05, 4.69) is 11.4 Å². The lowest BCUT2D eigenvalue weighted by Crippen LogP contribution is -2.48. The van der Waals surface area contributed by atoms with E-state index < -0.39 is 6.23 Å². The highest BCUT2D eigenvalue weighted by Crippen LogP contribution is 2.02. The summed E-state index contributed by atoms with van der Waals surface area (Å²) in [5.74, 6) is -0.195. The lowest BCUT2D eigenvalue weighted by atomic mass is 10.2. The Kier molecular flexibility index (Phi) is 4.69. The topological polar surface area (TPSA) is 61.8 Å². The fourth-order valence-electron chi connectivity index (χ4n) is 1.83. The average Bonchev–Trinajstić information content (AvgIpc) is 2.46. The van der Waals surface area contributed by atoms with Crippen LogP contribution in [-0.4, -0.2) is 55.0 Å². The Balaban J connectivity index is 1.78. The third-order valence-corrected chi connectivity index (χ3v) is 2.88. The zero-order chi connectivity index (χ0) is 12.8. The van der Waals surface area contributed by atoms with E-state index in [-0.39, 0.29) is 12.5 Å². The number of morpholine rings is 1. The molecule has 18 heavy (non-hydrogen) atoms. The van der Waals surface area contributed by atoms with E-state index in [1.165, 1.54) is 0 Å². The van der Waals surface area contributed by atoms with Crippen molar-refractivity contribution in [1.29, 1.82) is 0 Å². The van der Waals surface area contributed by atoms with Crippen LogP contribution in [0, 0.1) is 6.07 Å². The van der Waals surface area contributed by atoms with Gasteiger partial charge in [-0.1, -0.05) is 12.1 Å². The van der Waals surface area contributed by atoms with Crippen molar-refractivity contribution >= 4 is 5.91 Å². The number of aliphatic hydroxyl groups is 1. The summed E-state index contributed by atoms with van der Waals surface area (Å²) in [6.45, 7) is 2.84.